The lowest BCUT2D eigenvalue weighted by Crippen LogP contribution is -2.33. The van der Waals surface area contributed by atoms with Gasteiger partial charge in [0.05, 0.1) is 17.1 Å². The van der Waals surface area contributed by atoms with Gasteiger partial charge in [0, 0.05) is 4.70 Å². The Labute approximate surface area is 116 Å². The smallest absolute Gasteiger partial charge is 0.156 e. The van der Waals surface area contributed by atoms with Crippen LogP contribution in [0.25, 0.3) is 10.1 Å². The van der Waals surface area contributed by atoms with Crippen LogP contribution < -0.4 is 0 Å². The van der Waals surface area contributed by atoms with Crippen LogP contribution in [0.5, 0.6) is 0 Å². The van der Waals surface area contributed by atoms with Crippen LogP contribution >= 0.6 is 11.3 Å². The normalized spacial score (nSPS) is 24.4. The van der Waals surface area contributed by atoms with E-state index in [1.165, 1.54) is 0 Å². The minimum Gasteiger partial charge on any atom is -0.387 e. The van der Waals surface area contributed by atoms with Crippen LogP contribution in [0.3, 0.4) is 0 Å². The molecule has 3 rings (SSSR count). The standard InChI is InChI=1S/C14H16O3S2/c15-13(12-6-1-2-9-19(12,16)17)11-5-3-4-10-7-8-18-14(10)11/h3-5,7-8,12-13,15H,1-2,6,9H2. The minimum absolute atomic E-state index is 0.204. The van der Waals surface area contributed by atoms with E-state index in [9.17, 15) is 13.5 Å². The third-order valence-electron chi connectivity index (χ3n) is 3.81. The number of sulfone groups is 1. The Balaban J connectivity index is 2.04. The minimum atomic E-state index is -3.17. The lowest BCUT2D eigenvalue weighted by Gasteiger charge is -2.27. The van der Waals surface area contributed by atoms with Crippen molar-refractivity contribution in [1.29, 1.82) is 0 Å². The molecule has 0 bridgehead atoms. The average Bonchev–Trinajstić information content (AvgIpc) is 2.85. The molecule has 2 heterocycles. The van der Waals surface area contributed by atoms with Gasteiger partial charge in [-0.1, -0.05) is 24.6 Å². The molecule has 1 N–H and O–H groups in total. The summed E-state index contributed by atoms with van der Waals surface area (Å²) in [5, 5.41) is 12.9. The van der Waals surface area contributed by atoms with Crippen LogP contribution in [-0.4, -0.2) is 24.5 Å². The molecule has 19 heavy (non-hydrogen) atoms. The van der Waals surface area contributed by atoms with Crippen molar-refractivity contribution in [3.8, 4) is 0 Å². The van der Waals surface area contributed by atoms with Crippen LogP contribution in [0.15, 0.2) is 29.6 Å². The summed E-state index contributed by atoms with van der Waals surface area (Å²) in [6.07, 6.45) is 1.24. The molecule has 2 aromatic rings. The van der Waals surface area contributed by atoms with Crippen molar-refractivity contribution < 1.29 is 13.5 Å². The van der Waals surface area contributed by atoms with Gasteiger partial charge < -0.3 is 5.11 Å². The van der Waals surface area contributed by atoms with E-state index in [1.54, 1.807) is 11.3 Å². The first-order chi connectivity index (χ1) is 9.09. The van der Waals surface area contributed by atoms with Crippen molar-refractivity contribution in [2.24, 2.45) is 0 Å². The van der Waals surface area contributed by atoms with E-state index in [1.807, 2.05) is 29.6 Å². The van der Waals surface area contributed by atoms with E-state index in [0.717, 1.165) is 28.5 Å². The summed E-state index contributed by atoms with van der Waals surface area (Å²) in [5.41, 5.74) is 0.753. The van der Waals surface area contributed by atoms with Gasteiger partial charge in [0.15, 0.2) is 9.84 Å². The van der Waals surface area contributed by atoms with Crippen LogP contribution in [-0.2, 0) is 9.84 Å². The van der Waals surface area contributed by atoms with Gasteiger partial charge in [0.25, 0.3) is 0 Å². The molecule has 0 spiro atoms. The molecule has 0 aliphatic carbocycles. The Bertz CT molecular complexity index is 688. The lowest BCUT2D eigenvalue weighted by atomic mass is 10.0. The molecule has 1 aliphatic heterocycles. The summed E-state index contributed by atoms with van der Waals surface area (Å²) < 4.78 is 25.2. The predicted octanol–water partition coefficient (Wildman–Crippen LogP) is 2.90. The van der Waals surface area contributed by atoms with Gasteiger partial charge in [0.1, 0.15) is 0 Å². The Morgan fingerprint density at radius 1 is 1.26 bits per heavy atom. The third-order valence-corrected chi connectivity index (χ3v) is 7.06. The van der Waals surface area contributed by atoms with Gasteiger partial charge in [-0.15, -0.1) is 11.3 Å². The molecular weight excluding hydrogens is 280 g/mol. The highest BCUT2D eigenvalue weighted by Gasteiger charge is 2.36. The van der Waals surface area contributed by atoms with Crippen LogP contribution in [0.4, 0.5) is 0 Å². The largest absolute Gasteiger partial charge is 0.387 e. The van der Waals surface area contributed by atoms with Gasteiger partial charge in [-0.3, -0.25) is 0 Å². The van der Waals surface area contributed by atoms with Crippen molar-refractivity contribution in [1.82, 2.24) is 0 Å². The summed E-state index contributed by atoms with van der Waals surface area (Å²) >= 11 is 1.55. The van der Waals surface area contributed by atoms with Crippen LogP contribution in [0, 0.1) is 0 Å². The topological polar surface area (TPSA) is 54.4 Å². The summed E-state index contributed by atoms with van der Waals surface area (Å²) in [6, 6.07) is 7.69. The number of aliphatic hydroxyl groups excluding tert-OH is 1. The summed E-state index contributed by atoms with van der Waals surface area (Å²) in [5.74, 6) is 0.204. The molecule has 5 heteroatoms. The molecule has 1 aliphatic rings. The molecule has 1 aromatic heterocycles. The maximum Gasteiger partial charge on any atom is 0.156 e. The summed E-state index contributed by atoms with van der Waals surface area (Å²) in [6.45, 7) is 0. The average molecular weight is 296 g/mol. The highest BCUT2D eigenvalue weighted by atomic mass is 32.2. The van der Waals surface area contributed by atoms with Gasteiger partial charge in [-0.2, -0.15) is 0 Å². The Hall–Kier alpha value is -0.910. The second-order valence-electron chi connectivity index (χ2n) is 5.03. The number of benzene rings is 1. The molecule has 102 valence electrons. The van der Waals surface area contributed by atoms with Gasteiger partial charge >= 0.3 is 0 Å². The van der Waals surface area contributed by atoms with E-state index >= 15 is 0 Å². The van der Waals surface area contributed by atoms with Gasteiger partial charge in [0.2, 0.25) is 0 Å². The molecule has 0 radical (unpaired) electrons. The zero-order valence-electron chi connectivity index (χ0n) is 10.5. The van der Waals surface area contributed by atoms with Crippen molar-refractivity contribution in [3.63, 3.8) is 0 Å². The van der Waals surface area contributed by atoms with Crippen molar-refractivity contribution in [3.05, 3.63) is 35.2 Å². The number of aliphatic hydroxyl groups is 1. The van der Waals surface area contributed by atoms with Crippen LogP contribution in [0.2, 0.25) is 0 Å². The zero-order valence-corrected chi connectivity index (χ0v) is 12.1. The van der Waals surface area contributed by atoms with Gasteiger partial charge in [-0.25, -0.2) is 8.42 Å². The fraction of sp³-hybridized carbons (Fsp3) is 0.429. The zero-order chi connectivity index (χ0) is 13.5. The fourth-order valence-electron chi connectivity index (χ4n) is 2.78. The van der Waals surface area contributed by atoms with Crippen molar-refractivity contribution in [2.75, 3.05) is 5.75 Å². The maximum atomic E-state index is 12.1. The molecule has 1 aromatic carbocycles. The SMILES string of the molecule is O=S1(=O)CCCCC1C(O)c1cccc2ccsc12. The van der Waals surface area contributed by atoms with Gasteiger partial charge in [-0.05, 0) is 35.2 Å². The molecule has 0 saturated carbocycles. The number of hydrogen-bond donors (Lipinski definition) is 1. The molecular formula is C14H16O3S2. The van der Waals surface area contributed by atoms with E-state index < -0.39 is 21.2 Å². The summed E-state index contributed by atoms with van der Waals surface area (Å²) in [4.78, 5) is 0. The first-order valence-electron chi connectivity index (χ1n) is 6.45. The van der Waals surface area contributed by atoms with E-state index in [4.69, 9.17) is 0 Å². The van der Waals surface area contributed by atoms with E-state index in [2.05, 4.69) is 0 Å². The van der Waals surface area contributed by atoms with Crippen molar-refractivity contribution >= 4 is 31.3 Å². The number of hydrogen-bond acceptors (Lipinski definition) is 4. The molecule has 1 saturated heterocycles. The third kappa shape index (κ3) is 2.30. The second-order valence-corrected chi connectivity index (χ2v) is 8.29. The first kappa shape index (κ1) is 13.1. The highest BCUT2D eigenvalue weighted by Crippen LogP contribution is 2.35. The lowest BCUT2D eigenvalue weighted by molar-refractivity contribution is 0.166. The Kier molecular flexibility index (Phi) is 3.37. The Morgan fingerprint density at radius 2 is 2.11 bits per heavy atom. The molecule has 1 fully saturated rings. The predicted molar refractivity (Wildman–Crippen MR) is 78.2 cm³/mol. The highest BCUT2D eigenvalue weighted by molar-refractivity contribution is 7.92. The van der Waals surface area contributed by atoms with Crippen molar-refractivity contribution in [2.45, 2.75) is 30.6 Å². The fourth-order valence-corrected chi connectivity index (χ4v) is 5.71. The molecule has 3 nitrogen and oxygen atoms in total. The monoisotopic (exact) mass is 296 g/mol. The second kappa shape index (κ2) is 4.89. The molecule has 2 atom stereocenters. The number of thiophene rings is 1. The molecule has 2 unspecified atom stereocenters. The number of rotatable bonds is 2. The Morgan fingerprint density at radius 3 is 2.89 bits per heavy atom. The van der Waals surface area contributed by atoms with E-state index in [-0.39, 0.29) is 5.75 Å². The maximum absolute atomic E-state index is 12.1. The number of fused-ring (bicyclic) bond motifs is 1. The first-order valence-corrected chi connectivity index (χ1v) is 9.05. The quantitative estimate of drug-likeness (QED) is 0.927. The molecule has 0 amide bonds. The summed E-state index contributed by atoms with van der Waals surface area (Å²) in [7, 11) is -3.17. The van der Waals surface area contributed by atoms with E-state index in [0.29, 0.717) is 6.42 Å². The van der Waals surface area contributed by atoms with Crippen LogP contribution in [0.1, 0.15) is 30.9 Å².